The molecular formula is C12H12FNO3S. The number of hydrogen-bond donors (Lipinski definition) is 1. The summed E-state index contributed by atoms with van der Waals surface area (Å²) in [7, 11) is -1.49. The Morgan fingerprint density at radius 1 is 1.61 bits per heavy atom. The zero-order valence-electron chi connectivity index (χ0n) is 9.72. The number of nitrogens with zero attached hydrogens (tertiary/aromatic N) is 1. The van der Waals surface area contributed by atoms with E-state index in [1.165, 1.54) is 25.1 Å². The third-order valence-electron chi connectivity index (χ3n) is 2.41. The number of carboxylic acid groups (broad SMARTS) is 1. The standard InChI is InChI=1S/C12H12FNO3S/c1-8(5-11(15)16)18(17)7-10-4-2-3-9(6-14)12(10)13/h2-4,8H,5,7H2,1H3,(H,15,16). The van der Waals surface area contributed by atoms with Crippen LogP contribution in [0, 0.1) is 17.1 Å². The SMILES string of the molecule is CC(CC(=O)O)S(=O)Cc1cccc(C#N)c1F. The van der Waals surface area contributed by atoms with Gasteiger partial charge >= 0.3 is 5.97 Å². The fraction of sp³-hybridized carbons (Fsp3) is 0.333. The van der Waals surface area contributed by atoms with Crippen molar-refractivity contribution in [3.05, 3.63) is 35.1 Å². The topological polar surface area (TPSA) is 78.2 Å². The number of carboxylic acids is 1. The molecule has 0 saturated heterocycles. The predicted molar refractivity (Wildman–Crippen MR) is 64.7 cm³/mol. The second kappa shape index (κ2) is 6.26. The molecule has 0 heterocycles. The van der Waals surface area contributed by atoms with Crippen molar-refractivity contribution in [3.63, 3.8) is 0 Å². The van der Waals surface area contributed by atoms with E-state index in [2.05, 4.69) is 0 Å². The highest BCUT2D eigenvalue weighted by Crippen LogP contribution is 2.16. The lowest BCUT2D eigenvalue weighted by atomic mass is 10.1. The van der Waals surface area contributed by atoms with Crippen LogP contribution in [0.25, 0.3) is 0 Å². The Labute approximate surface area is 107 Å². The Balaban J connectivity index is 2.83. The summed E-state index contributed by atoms with van der Waals surface area (Å²) in [5.41, 5.74) is 0.0695. The van der Waals surface area contributed by atoms with Crippen LogP contribution in [0.4, 0.5) is 4.39 Å². The minimum atomic E-state index is -1.49. The van der Waals surface area contributed by atoms with Crippen LogP contribution >= 0.6 is 0 Å². The largest absolute Gasteiger partial charge is 0.481 e. The van der Waals surface area contributed by atoms with Crippen LogP contribution in [0.1, 0.15) is 24.5 Å². The third-order valence-corrected chi connectivity index (χ3v) is 4.07. The molecule has 0 saturated carbocycles. The highest BCUT2D eigenvalue weighted by Gasteiger charge is 2.17. The predicted octanol–water partition coefficient (Wildman–Crippen LogP) is 1.81. The maximum absolute atomic E-state index is 13.7. The third kappa shape index (κ3) is 3.64. The quantitative estimate of drug-likeness (QED) is 0.884. The first-order valence-corrected chi connectivity index (χ1v) is 6.60. The van der Waals surface area contributed by atoms with Crippen molar-refractivity contribution in [2.75, 3.05) is 0 Å². The van der Waals surface area contributed by atoms with Gasteiger partial charge in [-0.1, -0.05) is 19.1 Å². The van der Waals surface area contributed by atoms with E-state index in [4.69, 9.17) is 10.4 Å². The van der Waals surface area contributed by atoms with E-state index in [9.17, 15) is 13.4 Å². The number of rotatable bonds is 5. The summed E-state index contributed by atoms with van der Waals surface area (Å²) in [4.78, 5) is 10.5. The molecule has 18 heavy (non-hydrogen) atoms. The summed E-state index contributed by atoms with van der Waals surface area (Å²) in [6, 6.07) is 5.99. The van der Waals surface area contributed by atoms with Crippen molar-refractivity contribution in [2.24, 2.45) is 0 Å². The summed E-state index contributed by atoms with van der Waals surface area (Å²) in [6.07, 6.45) is -0.230. The molecule has 2 atom stereocenters. The minimum Gasteiger partial charge on any atom is -0.481 e. The van der Waals surface area contributed by atoms with E-state index >= 15 is 0 Å². The lowest BCUT2D eigenvalue weighted by Crippen LogP contribution is -2.17. The van der Waals surface area contributed by atoms with Gasteiger partial charge in [-0.2, -0.15) is 5.26 Å². The molecule has 4 nitrogen and oxygen atoms in total. The Morgan fingerprint density at radius 2 is 2.28 bits per heavy atom. The Morgan fingerprint density at radius 3 is 2.83 bits per heavy atom. The molecule has 1 rings (SSSR count). The monoisotopic (exact) mass is 269 g/mol. The van der Waals surface area contributed by atoms with Gasteiger partial charge in [0.25, 0.3) is 0 Å². The fourth-order valence-electron chi connectivity index (χ4n) is 1.41. The molecule has 0 radical (unpaired) electrons. The number of benzene rings is 1. The molecule has 1 aromatic carbocycles. The van der Waals surface area contributed by atoms with Crippen LogP contribution in [-0.2, 0) is 21.3 Å². The van der Waals surface area contributed by atoms with Crippen molar-refractivity contribution < 1.29 is 18.5 Å². The Bertz CT molecular complexity index is 525. The average Bonchev–Trinajstić information content (AvgIpc) is 2.30. The maximum Gasteiger partial charge on any atom is 0.304 e. The van der Waals surface area contributed by atoms with Crippen molar-refractivity contribution in [3.8, 4) is 6.07 Å². The van der Waals surface area contributed by atoms with Gasteiger partial charge in [-0.05, 0) is 6.07 Å². The molecule has 0 spiro atoms. The van der Waals surface area contributed by atoms with Gasteiger partial charge < -0.3 is 5.11 Å². The number of halogens is 1. The smallest absolute Gasteiger partial charge is 0.304 e. The summed E-state index contributed by atoms with van der Waals surface area (Å²) in [5.74, 6) is -1.81. The first-order chi connectivity index (χ1) is 8.45. The van der Waals surface area contributed by atoms with Gasteiger partial charge in [-0.3, -0.25) is 9.00 Å². The van der Waals surface area contributed by atoms with Gasteiger partial charge in [0.15, 0.2) is 0 Å². The van der Waals surface area contributed by atoms with Gasteiger partial charge in [0.2, 0.25) is 0 Å². The first kappa shape index (κ1) is 14.3. The molecule has 0 amide bonds. The fourth-order valence-corrected chi connectivity index (χ4v) is 2.55. The number of hydrogen-bond acceptors (Lipinski definition) is 3. The van der Waals surface area contributed by atoms with Crippen molar-refractivity contribution in [1.82, 2.24) is 0 Å². The summed E-state index contributed by atoms with van der Waals surface area (Å²) in [6.45, 7) is 1.54. The highest BCUT2D eigenvalue weighted by atomic mass is 32.2. The Kier molecular flexibility index (Phi) is 4.98. The maximum atomic E-state index is 13.7. The average molecular weight is 269 g/mol. The number of aliphatic carboxylic acids is 1. The van der Waals surface area contributed by atoms with Gasteiger partial charge in [0.05, 0.1) is 17.7 Å². The molecule has 0 aromatic heterocycles. The molecule has 1 aromatic rings. The molecule has 96 valence electrons. The van der Waals surface area contributed by atoms with E-state index in [0.29, 0.717) is 0 Å². The van der Waals surface area contributed by atoms with E-state index in [-0.39, 0.29) is 23.3 Å². The molecule has 2 unspecified atom stereocenters. The molecule has 0 aliphatic carbocycles. The van der Waals surface area contributed by atoms with Crippen molar-refractivity contribution >= 4 is 16.8 Å². The molecule has 6 heteroatoms. The highest BCUT2D eigenvalue weighted by molar-refractivity contribution is 7.84. The van der Waals surface area contributed by atoms with Crippen LogP contribution in [0.15, 0.2) is 18.2 Å². The lowest BCUT2D eigenvalue weighted by molar-refractivity contribution is -0.136. The second-order valence-corrected chi connectivity index (χ2v) is 5.68. The number of nitriles is 1. The first-order valence-electron chi connectivity index (χ1n) is 5.22. The molecule has 0 fully saturated rings. The number of carbonyl (C=O) groups is 1. The van der Waals surface area contributed by atoms with Crippen LogP contribution in [0.3, 0.4) is 0 Å². The minimum absolute atomic E-state index is 0.0875. The van der Waals surface area contributed by atoms with E-state index in [0.717, 1.165) is 0 Å². The Hall–Kier alpha value is -1.74. The molecule has 0 aliphatic rings. The second-order valence-electron chi connectivity index (χ2n) is 3.82. The van der Waals surface area contributed by atoms with Crippen molar-refractivity contribution in [1.29, 1.82) is 5.26 Å². The summed E-state index contributed by atoms with van der Waals surface area (Å²) >= 11 is 0. The van der Waals surface area contributed by atoms with Crippen LogP contribution in [0.5, 0.6) is 0 Å². The zero-order chi connectivity index (χ0) is 13.7. The molecule has 0 bridgehead atoms. The van der Waals surface area contributed by atoms with E-state index in [1.54, 1.807) is 6.07 Å². The normalized spacial score (nSPS) is 13.6. The van der Waals surface area contributed by atoms with Gasteiger partial charge in [-0.25, -0.2) is 4.39 Å². The molecule has 0 aliphatic heterocycles. The van der Waals surface area contributed by atoms with Gasteiger partial charge in [-0.15, -0.1) is 0 Å². The summed E-state index contributed by atoms with van der Waals surface area (Å²) < 4.78 is 25.5. The van der Waals surface area contributed by atoms with Crippen LogP contribution < -0.4 is 0 Å². The van der Waals surface area contributed by atoms with Gasteiger partial charge in [0.1, 0.15) is 11.9 Å². The lowest BCUT2D eigenvalue weighted by Gasteiger charge is -2.09. The molecular weight excluding hydrogens is 257 g/mol. The van der Waals surface area contributed by atoms with Crippen LogP contribution in [-0.4, -0.2) is 20.5 Å². The molecule has 1 N–H and O–H groups in total. The van der Waals surface area contributed by atoms with Gasteiger partial charge in [0, 0.05) is 21.6 Å². The van der Waals surface area contributed by atoms with E-state index in [1.807, 2.05) is 0 Å². The zero-order valence-corrected chi connectivity index (χ0v) is 10.5. The van der Waals surface area contributed by atoms with Crippen LogP contribution in [0.2, 0.25) is 0 Å². The van der Waals surface area contributed by atoms with Crippen molar-refractivity contribution in [2.45, 2.75) is 24.3 Å². The summed E-state index contributed by atoms with van der Waals surface area (Å²) in [5, 5.41) is 16.7. The van der Waals surface area contributed by atoms with E-state index < -0.39 is 27.8 Å².